The Bertz CT molecular complexity index is 724. The van der Waals surface area contributed by atoms with Crippen molar-refractivity contribution in [2.24, 2.45) is 5.92 Å². The molecule has 0 saturated heterocycles. The van der Waals surface area contributed by atoms with Crippen molar-refractivity contribution < 1.29 is 14.3 Å². The van der Waals surface area contributed by atoms with E-state index in [0.717, 1.165) is 28.9 Å². The first-order valence-electron chi connectivity index (χ1n) is 9.19. The third-order valence-corrected chi connectivity index (χ3v) is 5.96. The van der Waals surface area contributed by atoms with Gasteiger partial charge in [-0.2, -0.15) is 11.8 Å². The van der Waals surface area contributed by atoms with Crippen molar-refractivity contribution >= 4 is 23.3 Å². The maximum Gasteiger partial charge on any atom is 0.148 e. The first-order valence-corrected chi connectivity index (χ1v) is 10.2. The van der Waals surface area contributed by atoms with Crippen molar-refractivity contribution in [3.63, 3.8) is 0 Å². The van der Waals surface area contributed by atoms with Gasteiger partial charge in [-0.1, -0.05) is 19.8 Å². The molecule has 1 unspecified atom stereocenters. The van der Waals surface area contributed by atoms with Crippen molar-refractivity contribution in [1.82, 2.24) is 0 Å². The summed E-state index contributed by atoms with van der Waals surface area (Å²) < 4.78 is 5.51. The summed E-state index contributed by atoms with van der Waals surface area (Å²) in [6, 6.07) is 3.76. The maximum absolute atomic E-state index is 12.9. The fourth-order valence-corrected chi connectivity index (χ4v) is 4.87. The monoisotopic (exact) mass is 372 g/mol. The summed E-state index contributed by atoms with van der Waals surface area (Å²) in [6.07, 6.45) is 1.87. The van der Waals surface area contributed by atoms with Gasteiger partial charge >= 0.3 is 0 Å². The molecule has 1 atom stereocenters. The molecule has 1 aliphatic carbocycles. The van der Waals surface area contributed by atoms with E-state index in [1.54, 1.807) is 14.0 Å². The number of ether oxygens (including phenoxy) is 1. The quantitative estimate of drug-likeness (QED) is 0.543. The second-order valence-corrected chi connectivity index (χ2v) is 8.64. The zero-order valence-electron chi connectivity index (χ0n) is 16.3. The Labute approximate surface area is 161 Å². The molecule has 1 aromatic carbocycles. The summed E-state index contributed by atoms with van der Waals surface area (Å²) in [7, 11) is 1.58. The van der Waals surface area contributed by atoms with Crippen molar-refractivity contribution in [3.8, 4) is 17.6 Å². The Hall–Kier alpha value is -1.73. The van der Waals surface area contributed by atoms with E-state index in [0.29, 0.717) is 23.8 Å². The summed E-state index contributed by atoms with van der Waals surface area (Å²) in [5.74, 6) is 7.05. The molecule has 3 nitrogen and oxygen atoms in total. The molecular weight excluding hydrogens is 344 g/mol. The Morgan fingerprint density at radius 2 is 1.92 bits per heavy atom. The van der Waals surface area contributed by atoms with E-state index in [4.69, 9.17) is 4.74 Å². The highest BCUT2D eigenvalue weighted by atomic mass is 32.2. The number of benzene rings is 1. The van der Waals surface area contributed by atoms with E-state index in [1.807, 2.05) is 30.8 Å². The molecule has 0 radical (unpaired) electrons. The van der Waals surface area contributed by atoms with Gasteiger partial charge in [0.2, 0.25) is 0 Å². The minimum absolute atomic E-state index is 0.0238. The number of methoxy groups -OCH3 is 1. The van der Waals surface area contributed by atoms with E-state index in [9.17, 15) is 9.59 Å². The summed E-state index contributed by atoms with van der Waals surface area (Å²) in [6.45, 7) is 8.01. The topological polar surface area (TPSA) is 43.4 Å². The largest absolute Gasteiger partial charge is 0.496 e. The molecule has 0 spiro atoms. The van der Waals surface area contributed by atoms with Gasteiger partial charge in [-0.15, -0.1) is 5.92 Å². The summed E-state index contributed by atoms with van der Waals surface area (Å²) in [5.41, 5.74) is 2.45. The molecule has 1 aromatic rings. The predicted molar refractivity (Wildman–Crippen MR) is 108 cm³/mol. The Morgan fingerprint density at radius 3 is 2.46 bits per heavy atom. The standard InChI is InChI=1S/C22H28O3S/c1-6-8-16-9-14(3)21(20(13-16)25-5)22-18(23)11-17(12-19(22)24)10-15(4)26-7-2/h9,13,15,17,22H,7,10-12H2,1-5H3. The number of aryl methyl sites for hydroxylation is 1. The van der Waals surface area contributed by atoms with Gasteiger partial charge in [0.15, 0.2) is 0 Å². The van der Waals surface area contributed by atoms with Crippen LogP contribution in [0.3, 0.4) is 0 Å². The Kier molecular flexibility index (Phi) is 7.34. The van der Waals surface area contributed by atoms with Gasteiger partial charge < -0.3 is 4.74 Å². The number of ketones is 2. The summed E-state index contributed by atoms with van der Waals surface area (Å²) in [5, 5.41) is 0.477. The molecule has 140 valence electrons. The maximum atomic E-state index is 12.9. The third-order valence-electron chi connectivity index (χ3n) is 4.87. The molecule has 0 heterocycles. The number of rotatable bonds is 6. The Balaban J connectivity index is 2.28. The van der Waals surface area contributed by atoms with Gasteiger partial charge in [0.05, 0.1) is 7.11 Å². The first kappa shape index (κ1) is 20.6. The van der Waals surface area contributed by atoms with Gasteiger partial charge in [0.1, 0.15) is 23.2 Å². The zero-order valence-corrected chi connectivity index (χ0v) is 17.2. The lowest BCUT2D eigenvalue weighted by atomic mass is 9.74. The highest BCUT2D eigenvalue weighted by Crippen LogP contribution is 2.39. The highest BCUT2D eigenvalue weighted by Gasteiger charge is 2.39. The van der Waals surface area contributed by atoms with Crippen molar-refractivity contribution in [3.05, 3.63) is 28.8 Å². The zero-order chi connectivity index (χ0) is 19.3. The molecule has 1 aliphatic rings. The van der Waals surface area contributed by atoms with Crippen LogP contribution in [-0.4, -0.2) is 29.7 Å². The van der Waals surface area contributed by atoms with Crippen LogP contribution in [0.25, 0.3) is 0 Å². The van der Waals surface area contributed by atoms with E-state index < -0.39 is 5.92 Å². The lowest BCUT2D eigenvalue weighted by molar-refractivity contribution is -0.133. The average Bonchev–Trinajstić information content (AvgIpc) is 2.56. The van der Waals surface area contributed by atoms with Gasteiger partial charge in [-0.05, 0) is 49.6 Å². The molecule has 0 N–H and O–H groups in total. The Morgan fingerprint density at radius 1 is 1.27 bits per heavy atom. The van der Waals surface area contributed by atoms with Crippen LogP contribution in [0, 0.1) is 24.7 Å². The molecule has 26 heavy (non-hydrogen) atoms. The molecule has 0 amide bonds. The number of hydrogen-bond acceptors (Lipinski definition) is 4. The third kappa shape index (κ3) is 4.71. The van der Waals surface area contributed by atoms with E-state index in [-0.39, 0.29) is 17.5 Å². The van der Waals surface area contributed by atoms with Crippen LogP contribution in [0.5, 0.6) is 5.75 Å². The fourth-order valence-electron chi connectivity index (χ4n) is 3.89. The second kappa shape index (κ2) is 9.28. The number of thioether (sulfide) groups is 1. The van der Waals surface area contributed by atoms with E-state index >= 15 is 0 Å². The molecule has 4 heteroatoms. The number of hydrogen-bond donors (Lipinski definition) is 0. The normalized spacial score (nSPS) is 21.1. The van der Waals surface area contributed by atoms with Gasteiger partial charge in [-0.25, -0.2) is 0 Å². The average molecular weight is 373 g/mol. The van der Waals surface area contributed by atoms with Gasteiger partial charge in [0.25, 0.3) is 0 Å². The summed E-state index contributed by atoms with van der Waals surface area (Å²) in [4.78, 5) is 25.7. The van der Waals surface area contributed by atoms with E-state index in [1.165, 1.54) is 0 Å². The van der Waals surface area contributed by atoms with Crippen LogP contribution in [0.15, 0.2) is 12.1 Å². The van der Waals surface area contributed by atoms with Gasteiger partial charge in [-0.3, -0.25) is 9.59 Å². The van der Waals surface area contributed by atoms with Crippen LogP contribution in [0.1, 0.15) is 62.6 Å². The molecule has 0 bridgehead atoms. The number of Topliss-reactive ketones (excluding diaryl/α,β-unsaturated/α-hetero) is 2. The van der Waals surface area contributed by atoms with Crippen molar-refractivity contribution in [2.75, 3.05) is 12.9 Å². The van der Waals surface area contributed by atoms with Crippen LogP contribution in [0.4, 0.5) is 0 Å². The molecule has 2 rings (SSSR count). The molecule has 1 saturated carbocycles. The van der Waals surface area contributed by atoms with Crippen molar-refractivity contribution in [1.29, 1.82) is 0 Å². The van der Waals surface area contributed by atoms with Crippen LogP contribution < -0.4 is 4.74 Å². The van der Waals surface area contributed by atoms with E-state index in [2.05, 4.69) is 25.7 Å². The minimum Gasteiger partial charge on any atom is -0.496 e. The summed E-state index contributed by atoms with van der Waals surface area (Å²) >= 11 is 1.88. The highest BCUT2D eigenvalue weighted by molar-refractivity contribution is 7.99. The predicted octanol–water partition coefficient (Wildman–Crippen LogP) is 4.54. The molecule has 0 aliphatic heterocycles. The molecular formula is C22H28O3S. The van der Waals surface area contributed by atoms with Crippen LogP contribution in [0.2, 0.25) is 0 Å². The lowest BCUT2D eigenvalue weighted by Gasteiger charge is -2.29. The molecule has 1 fully saturated rings. The fraction of sp³-hybridized carbons (Fsp3) is 0.545. The minimum atomic E-state index is -0.695. The van der Waals surface area contributed by atoms with Crippen molar-refractivity contribution in [2.45, 2.75) is 58.1 Å². The van der Waals surface area contributed by atoms with Crippen LogP contribution in [-0.2, 0) is 9.59 Å². The smallest absolute Gasteiger partial charge is 0.148 e. The van der Waals surface area contributed by atoms with Gasteiger partial charge in [0, 0.05) is 29.2 Å². The SMILES string of the molecule is CC#Cc1cc(C)c(C2C(=O)CC(CC(C)SCC)CC2=O)c(OC)c1. The second-order valence-electron chi connectivity index (χ2n) is 6.93. The lowest BCUT2D eigenvalue weighted by Crippen LogP contribution is -2.33. The first-order chi connectivity index (χ1) is 12.4. The number of carbonyl (C=O) groups excluding carboxylic acids is 2. The number of carbonyl (C=O) groups is 2. The molecule has 0 aromatic heterocycles. The van der Waals surface area contributed by atoms with Crippen LogP contribution >= 0.6 is 11.8 Å².